The molecule has 1 saturated heterocycles. The van der Waals surface area contributed by atoms with Gasteiger partial charge in [0.15, 0.2) is 0 Å². The third kappa shape index (κ3) is 4.11. The Morgan fingerprint density at radius 2 is 1.81 bits per heavy atom. The van der Waals surface area contributed by atoms with Crippen LogP contribution in [0.4, 0.5) is 4.39 Å². The molecular weight excluding hydrogens is 433 g/mol. The van der Waals surface area contributed by atoms with Crippen LogP contribution in [0.25, 0.3) is 5.76 Å². The number of aliphatic hydroxyl groups excluding tert-OH is 1. The minimum absolute atomic E-state index is 0.00282. The fourth-order valence-electron chi connectivity index (χ4n) is 4.63. The third-order valence-electron chi connectivity index (χ3n) is 6.14. The number of amides is 1. The van der Waals surface area contributed by atoms with Crippen molar-refractivity contribution in [2.45, 2.75) is 51.1 Å². The smallest absolute Gasteiger partial charge is 0.295 e. The van der Waals surface area contributed by atoms with Crippen LogP contribution in [0.3, 0.4) is 0 Å². The van der Waals surface area contributed by atoms with Crippen molar-refractivity contribution in [2.75, 3.05) is 6.61 Å². The Kier molecular flexibility index (Phi) is 6.51. The number of aliphatic hydroxyl groups is 1. The van der Waals surface area contributed by atoms with E-state index in [1.807, 2.05) is 6.92 Å². The zero-order valence-corrected chi connectivity index (χ0v) is 18.6. The van der Waals surface area contributed by atoms with Crippen LogP contribution in [-0.4, -0.2) is 34.3 Å². The van der Waals surface area contributed by atoms with Crippen LogP contribution in [0.2, 0.25) is 5.02 Å². The summed E-state index contributed by atoms with van der Waals surface area (Å²) in [6.45, 7) is 2.19. The third-order valence-corrected chi connectivity index (χ3v) is 6.45. The topological polar surface area (TPSA) is 66.8 Å². The lowest BCUT2D eigenvalue weighted by atomic mass is 9.91. The fourth-order valence-corrected chi connectivity index (χ4v) is 4.80. The number of ether oxygens (including phenoxy) is 1. The minimum Gasteiger partial charge on any atom is -0.507 e. The predicted octanol–water partition coefficient (Wildman–Crippen LogP) is 5.63. The molecule has 5 nitrogen and oxygen atoms in total. The van der Waals surface area contributed by atoms with Crippen molar-refractivity contribution in [3.05, 3.63) is 70.0 Å². The largest absolute Gasteiger partial charge is 0.507 e. The summed E-state index contributed by atoms with van der Waals surface area (Å²) in [7, 11) is 0. The van der Waals surface area contributed by atoms with Gasteiger partial charge in [-0.3, -0.25) is 9.59 Å². The Hall–Kier alpha value is -2.86. The lowest BCUT2D eigenvalue weighted by Crippen LogP contribution is -2.40. The maximum atomic E-state index is 13.6. The van der Waals surface area contributed by atoms with Gasteiger partial charge in [-0.25, -0.2) is 4.39 Å². The predicted molar refractivity (Wildman–Crippen MR) is 120 cm³/mol. The highest BCUT2D eigenvalue weighted by Gasteiger charge is 2.48. The molecule has 1 N–H and O–H groups in total. The molecule has 2 aliphatic rings. The van der Waals surface area contributed by atoms with E-state index in [1.165, 1.54) is 12.1 Å². The first-order chi connectivity index (χ1) is 15.4. The molecule has 0 bridgehead atoms. The lowest BCUT2D eigenvalue weighted by molar-refractivity contribution is -0.141. The molecule has 32 heavy (non-hydrogen) atoms. The van der Waals surface area contributed by atoms with E-state index in [0.717, 1.165) is 32.1 Å². The van der Waals surface area contributed by atoms with Crippen molar-refractivity contribution in [1.82, 2.24) is 4.90 Å². The van der Waals surface area contributed by atoms with Gasteiger partial charge >= 0.3 is 0 Å². The molecular formula is C25H25ClFNO4. The van der Waals surface area contributed by atoms with E-state index < -0.39 is 23.5 Å². The molecule has 4 rings (SSSR count). The summed E-state index contributed by atoms with van der Waals surface area (Å²) in [6.07, 6.45) is 4.62. The summed E-state index contributed by atoms with van der Waals surface area (Å²) < 4.78 is 19.1. The Morgan fingerprint density at radius 1 is 1.12 bits per heavy atom. The number of Topliss-reactive ketones (excluding diaryl/α,β-unsaturated/α-hetero) is 1. The highest BCUT2D eigenvalue weighted by molar-refractivity contribution is 6.46. The van der Waals surface area contributed by atoms with Gasteiger partial charge in [-0.2, -0.15) is 0 Å². The zero-order chi connectivity index (χ0) is 22.8. The highest BCUT2D eigenvalue weighted by Crippen LogP contribution is 2.43. The van der Waals surface area contributed by atoms with Gasteiger partial charge < -0.3 is 14.7 Å². The average molecular weight is 458 g/mol. The van der Waals surface area contributed by atoms with Crippen LogP contribution in [0.15, 0.2) is 48.0 Å². The molecule has 2 fully saturated rings. The van der Waals surface area contributed by atoms with Gasteiger partial charge in [0.1, 0.15) is 17.3 Å². The Labute approximate surface area is 191 Å². The number of carbonyl (C=O) groups excluding carboxylic acids is 2. The van der Waals surface area contributed by atoms with Crippen molar-refractivity contribution in [1.29, 1.82) is 0 Å². The van der Waals surface area contributed by atoms with E-state index in [0.29, 0.717) is 28.5 Å². The molecule has 0 aromatic heterocycles. The van der Waals surface area contributed by atoms with Crippen molar-refractivity contribution in [3.63, 3.8) is 0 Å². The van der Waals surface area contributed by atoms with Crippen molar-refractivity contribution >= 4 is 29.1 Å². The SMILES string of the molecule is CCOc1cc(/C(O)=C2/C(=O)C(=O)N(C3CCCCC3)C2c2ccc(F)cc2)ccc1Cl. The molecule has 1 saturated carbocycles. The molecule has 1 amide bonds. The van der Waals surface area contributed by atoms with E-state index in [4.69, 9.17) is 16.3 Å². The fraction of sp³-hybridized carbons (Fsp3) is 0.360. The monoisotopic (exact) mass is 457 g/mol. The Balaban J connectivity index is 1.86. The van der Waals surface area contributed by atoms with E-state index in [9.17, 15) is 19.1 Å². The number of ketones is 1. The highest BCUT2D eigenvalue weighted by atomic mass is 35.5. The molecule has 7 heteroatoms. The molecule has 1 aliphatic carbocycles. The second-order valence-electron chi connectivity index (χ2n) is 8.13. The number of benzene rings is 2. The number of hydrogen-bond acceptors (Lipinski definition) is 4. The van der Waals surface area contributed by atoms with Crippen LogP contribution in [0.1, 0.15) is 56.2 Å². The van der Waals surface area contributed by atoms with Crippen molar-refractivity contribution < 1.29 is 23.8 Å². The van der Waals surface area contributed by atoms with Gasteiger partial charge in [0.05, 0.1) is 23.2 Å². The first-order valence-corrected chi connectivity index (χ1v) is 11.3. The van der Waals surface area contributed by atoms with Gasteiger partial charge in [0.25, 0.3) is 11.7 Å². The number of rotatable bonds is 5. The second-order valence-corrected chi connectivity index (χ2v) is 8.54. The maximum absolute atomic E-state index is 13.6. The lowest BCUT2D eigenvalue weighted by Gasteiger charge is -2.35. The molecule has 1 aliphatic heterocycles. The van der Waals surface area contributed by atoms with E-state index in [1.54, 1.807) is 35.2 Å². The Morgan fingerprint density at radius 3 is 2.47 bits per heavy atom. The molecule has 1 heterocycles. The van der Waals surface area contributed by atoms with Crippen LogP contribution in [0, 0.1) is 5.82 Å². The minimum atomic E-state index is -0.787. The normalized spacial score (nSPS) is 21.2. The molecule has 1 atom stereocenters. The average Bonchev–Trinajstić information content (AvgIpc) is 3.06. The quantitative estimate of drug-likeness (QED) is 0.359. The van der Waals surface area contributed by atoms with Crippen LogP contribution >= 0.6 is 11.6 Å². The standard InChI is InChI=1S/C25H25ClFNO4/c1-2-32-20-14-16(10-13-19(20)26)23(29)21-22(15-8-11-17(27)12-9-15)28(25(31)24(21)30)18-6-4-3-5-7-18/h8-14,18,22,29H,2-7H2,1H3/b23-21-. The van der Waals surface area contributed by atoms with Gasteiger partial charge in [0, 0.05) is 11.6 Å². The van der Waals surface area contributed by atoms with Gasteiger partial charge in [-0.1, -0.05) is 43.0 Å². The zero-order valence-electron chi connectivity index (χ0n) is 17.8. The van der Waals surface area contributed by atoms with Gasteiger partial charge in [-0.15, -0.1) is 0 Å². The summed E-state index contributed by atoms with van der Waals surface area (Å²) in [6, 6.07) is 9.52. The van der Waals surface area contributed by atoms with E-state index >= 15 is 0 Å². The molecule has 0 spiro atoms. The second kappa shape index (κ2) is 9.33. The number of likely N-dealkylation sites (tertiary alicyclic amines) is 1. The number of carbonyl (C=O) groups is 2. The number of halogens is 2. The van der Waals surface area contributed by atoms with Crippen LogP contribution < -0.4 is 4.74 Å². The van der Waals surface area contributed by atoms with E-state index in [-0.39, 0.29) is 17.4 Å². The summed E-state index contributed by atoms with van der Waals surface area (Å²) >= 11 is 6.17. The summed E-state index contributed by atoms with van der Waals surface area (Å²) in [4.78, 5) is 27.9. The number of hydrogen-bond donors (Lipinski definition) is 1. The van der Waals surface area contributed by atoms with E-state index in [2.05, 4.69) is 0 Å². The summed E-state index contributed by atoms with van der Waals surface area (Å²) in [5, 5.41) is 11.6. The summed E-state index contributed by atoms with van der Waals surface area (Å²) in [5.74, 6) is -1.71. The first-order valence-electron chi connectivity index (χ1n) is 10.9. The van der Waals surface area contributed by atoms with Gasteiger partial charge in [-0.05, 0) is 55.7 Å². The Bertz CT molecular complexity index is 1060. The molecule has 168 valence electrons. The van der Waals surface area contributed by atoms with Crippen molar-refractivity contribution in [2.24, 2.45) is 0 Å². The molecule has 2 aromatic carbocycles. The van der Waals surface area contributed by atoms with Crippen molar-refractivity contribution in [3.8, 4) is 5.75 Å². The van der Waals surface area contributed by atoms with Crippen LogP contribution in [0.5, 0.6) is 5.75 Å². The summed E-state index contributed by atoms with van der Waals surface area (Å²) in [5.41, 5.74) is 0.903. The molecule has 1 unspecified atom stereocenters. The molecule has 0 radical (unpaired) electrons. The number of nitrogens with zero attached hydrogens (tertiary/aromatic N) is 1. The maximum Gasteiger partial charge on any atom is 0.295 e. The van der Waals surface area contributed by atoms with Gasteiger partial charge in [0.2, 0.25) is 0 Å². The molecule has 2 aromatic rings. The van der Waals surface area contributed by atoms with Crippen LogP contribution in [-0.2, 0) is 9.59 Å². The first kappa shape index (κ1) is 22.3.